The van der Waals surface area contributed by atoms with Crippen LogP contribution in [0.1, 0.15) is 30.1 Å². The van der Waals surface area contributed by atoms with E-state index in [-0.39, 0.29) is 10.8 Å². The molecule has 1 saturated heterocycles. The number of carbonyl (C=O) groups is 1. The first-order chi connectivity index (χ1) is 9.29. The zero-order chi connectivity index (χ0) is 14.9. The first kappa shape index (κ1) is 15.8. The van der Waals surface area contributed by atoms with Crippen molar-refractivity contribution in [1.82, 2.24) is 4.90 Å². The lowest BCUT2D eigenvalue weighted by molar-refractivity contribution is 0.0697. The van der Waals surface area contributed by atoms with Crippen LogP contribution in [0.2, 0.25) is 0 Å². The van der Waals surface area contributed by atoms with Gasteiger partial charge in [-0.1, -0.05) is 6.92 Å². The molecule has 0 unspecified atom stereocenters. The van der Waals surface area contributed by atoms with E-state index >= 15 is 0 Å². The van der Waals surface area contributed by atoms with Crippen LogP contribution in [-0.2, 0) is 9.05 Å². The number of halogens is 2. The van der Waals surface area contributed by atoms with Crippen molar-refractivity contribution in [2.24, 2.45) is 5.92 Å². The van der Waals surface area contributed by atoms with E-state index in [1.54, 1.807) is 11.0 Å². The molecule has 2 rings (SSSR count). The zero-order valence-electron chi connectivity index (χ0n) is 11.0. The van der Waals surface area contributed by atoms with Crippen LogP contribution in [-0.4, -0.2) is 32.3 Å². The molecule has 1 aromatic carbocycles. The molecule has 1 aliphatic rings. The van der Waals surface area contributed by atoms with Crippen LogP contribution in [0.15, 0.2) is 27.6 Å². The summed E-state index contributed by atoms with van der Waals surface area (Å²) in [5.74, 6) is 0.480. The van der Waals surface area contributed by atoms with Crippen molar-refractivity contribution in [3.05, 3.63) is 28.2 Å². The Morgan fingerprint density at radius 1 is 1.35 bits per heavy atom. The number of benzene rings is 1. The summed E-state index contributed by atoms with van der Waals surface area (Å²) in [6.07, 6.45) is 1.95. The molecule has 0 spiro atoms. The van der Waals surface area contributed by atoms with Gasteiger partial charge in [-0.25, -0.2) is 8.42 Å². The van der Waals surface area contributed by atoms with Gasteiger partial charge in [-0.05, 0) is 52.9 Å². The van der Waals surface area contributed by atoms with Crippen LogP contribution in [0.5, 0.6) is 0 Å². The number of amides is 1. The average Bonchev–Trinajstić information content (AvgIpc) is 2.38. The Bertz CT molecular complexity index is 625. The fraction of sp³-hybridized carbons (Fsp3) is 0.462. The third-order valence-electron chi connectivity index (χ3n) is 3.51. The van der Waals surface area contributed by atoms with Gasteiger partial charge < -0.3 is 4.90 Å². The number of rotatable bonds is 2. The molecule has 7 heteroatoms. The van der Waals surface area contributed by atoms with Crippen LogP contribution in [0.25, 0.3) is 0 Å². The van der Waals surface area contributed by atoms with Crippen LogP contribution in [0.4, 0.5) is 0 Å². The minimum absolute atomic E-state index is 0.0737. The molecule has 0 aromatic heterocycles. The Kier molecular flexibility index (Phi) is 4.76. The summed E-state index contributed by atoms with van der Waals surface area (Å²) in [5, 5.41) is 0. The highest BCUT2D eigenvalue weighted by Gasteiger charge is 2.23. The number of hydrogen-bond donors (Lipinski definition) is 0. The van der Waals surface area contributed by atoms with E-state index < -0.39 is 9.05 Å². The molecule has 0 radical (unpaired) electrons. The van der Waals surface area contributed by atoms with E-state index in [9.17, 15) is 13.2 Å². The highest BCUT2D eigenvalue weighted by Crippen LogP contribution is 2.27. The second kappa shape index (κ2) is 6.03. The van der Waals surface area contributed by atoms with Crippen molar-refractivity contribution >= 4 is 41.6 Å². The van der Waals surface area contributed by atoms with Crippen LogP contribution >= 0.6 is 26.6 Å². The summed E-state index contributed by atoms with van der Waals surface area (Å²) in [5.41, 5.74) is 0.349. The Hall–Kier alpha value is -0.590. The number of piperidine rings is 1. The van der Waals surface area contributed by atoms with E-state index in [0.717, 1.165) is 12.8 Å². The van der Waals surface area contributed by atoms with Crippen molar-refractivity contribution < 1.29 is 13.2 Å². The van der Waals surface area contributed by atoms with Crippen LogP contribution in [0.3, 0.4) is 0 Å². The van der Waals surface area contributed by atoms with Crippen molar-refractivity contribution in [2.45, 2.75) is 24.7 Å². The molecule has 1 amide bonds. The van der Waals surface area contributed by atoms with Gasteiger partial charge in [0.2, 0.25) is 0 Å². The van der Waals surface area contributed by atoms with Gasteiger partial charge in [-0.3, -0.25) is 4.79 Å². The lowest BCUT2D eigenvalue weighted by Crippen LogP contribution is -2.37. The first-order valence-corrected chi connectivity index (χ1v) is 9.43. The van der Waals surface area contributed by atoms with Crippen LogP contribution in [0, 0.1) is 5.92 Å². The fourth-order valence-electron chi connectivity index (χ4n) is 2.22. The van der Waals surface area contributed by atoms with E-state index in [0.29, 0.717) is 29.0 Å². The minimum Gasteiger partial charge on any atom is -0.339 e. The predicted octanol–water partition coefficient (Wildman–Crippen LogP) is 3.25. The molecule has 0 bridgehead atoms. The van der Waals surface area contributed by atoms with Gasteiger partial charge in [-0.2, -0.15) is 0 Å². The molecule has 0 N–H and O–H groups in total. The summed E-state index contributed by atoms with van der Waals surface area (Å²) in [6, 6.07) is 4.47. The molecule has 0 saturated carbocycles. The molecule has 110 valence electrons. The standard InChI is InChI=1S/C13H15BrClNO3S/c1-9-4-6-16(7-5-9)13(17)10-2-3-11(14)12(8-10)20(15,18)19/h2-3,8-9H,4-7H2,1H3. The monoisotopic (exact) mass is 379 g/mol. The van der Waals surface area contributed by atoms with E-state index in [1.165, 1.54) is 12.1 Å². The minimum atomic E-state index is -3.87. The molecule has 1 heterocycles. The Labute approximate surface area is 131 Å². The number of nitrogens with zero attached hydrogens (tertiary/aromatic N) is 1. The maximum Gasteiger partial charge on any atom is 0.262 e. The van der Waals surface area contributed by atoms with Gasteiger partial charge in [0.1, 0.15) is 0 Å². The van der Waals surface area contributed by atoms with Gasteiger partial charge >= 0.3 is 0 Å². The first-order valence-electron chi connectivity index (χ1n) is 6.32. The molecular weight excluding hydrogens is 366 g/mol. The molecule has 1 aromatic rings. The summed E-state index contributed by atoms with van der Waals surface area (Å²) >= 11 is 3.13. The summed E-state index contributed by atoms with van der Waals surface area (Å²) in [7, 11) is 1.49. The highest BCUT2D eigenvalue weighted by molar-refractivity contribution is 9.10. The number of carbonyl (C=O) groups excluding carboxylic acids is 1. The lowest BCUT2D eigenvalue weighted by Gasteiger charge is -2.30. The molecule has 1 fully saturated rings. The summed E-state index contributed by atoms with van der Waals surface area (Å²) < 4.78 is 23.3. The van der Waals surface area contributed by atoms with Crippen molar-refractivity contribution in [2.75, 3.05) is 13.1 Å². The van der Waals surface area contributed by atoms with E-state index in [2.05, 4.69) is 22.9 Å². The molecular formula is C13H15BrClNO3S. The maximum absolute atomic E-state index is 12.4. The Morgan fingerprint density at radius 3 is 2.50 bits per heavy atom. The predicted molar refractivity (Wildman–Crippen MR) is 81.5 cm³/mol. The van der Waals surface area contributed by atoms with Gasteiger partial charge in [0.25, 0.3) is 15.0 Å². The second-order valence-electron chi connectivity index (χ2n) is 5.06. The highest BCUT2D eigenvalue weighted by atomic mass is 79.9. The normalized spacial score (nSPS) is 17.2. The summed E-state index contributed by atoms with van der Waals surface area (Å²) in [4.78, 5) is 14.1. The fourth-order valence-corrected chi connectivity index (χ4v) is 4.33. The third kappa shape index (κ3) is 3.54. The van der Waals surface area contributed by atoms with Crippen LogP contribution < -0.4 is 0 Å². The van der Waals surface area contributed by atoms with E-state index in [1.807, 2.05) is 0 Å². The van der Waals surface area contributed by atoms with Gasteiger partial charge in [-0.15, -0.1) is 0 Å². The molecule has 1 aliphatic heterocycles. The third-order valence-corrected chi connectivity index (χ3v) is 5.83. The number of likely N-dealkylation sites (tertiary alicyclic amines) is 1. The molecule has 20 heavy (non-hydrogen) atoms. The van der Waals surface area contributed by atoms with E-state index in [4.69, 9.17) is 10.7 Å². The quantitative estimate of drug-likeness (QED) is 0.740. The van der Waals surface area contributed by atoms with Crippen molar-refractivity contribution in [3.63, 3.8) is 0 Å². The van der Waals surface area contributed by atoms with Gasteiger partial charge in [0.15, 0.2) is 0 Å². The Morgan fingerprint density at radius 2 is 1.95 bits per heavy atom. The van der Waals surface area contributed by atoms with Crippen molar-refractivity contribution in [1.29, 1.82) is 0 Å². The largest absolute Gasteiger partial charge is 0.339 e. The SMILES string of the molecule is CC1CCN(C(=O)c2ccc(Br)c(S(=O)(=O)Cl)c2)CC1. The summed E-state index contributed by atoms with van der Waals surface area (Å²) in [6.45, 7) is 3.58. The Balaban J connectivity index is 2.27. The van der Waals surface area contributed by atoms with Gasteiger partial charge in [0, 0.05) is 33.8 Å². The second-order valence-corrected chi connectivity index (χ2v) is 8.45. The lowest BCUT2D eigenvalue weighted by atomic mass is 9.98. The average molecular weight is 381 g/mol. The smallest absolute Gasteiger partial charge is 0.262 e. The number of hydrogen-bond acceptors (Lipinski definition) is 3. The maximum atomic E-state index is 12.4. The van der Waals surface area contributed by atoms with Crippen molar-refractivity contribution in [3.8, 4) is 0 Å². The zero-order valence-corrected chi connectivity index (χ0v) is 14.1. The molecule has 0 aliphatic carbocycles. The molecule has 4 nitrogen and oxygen atoms in total. The molecule has 0 atom stereocenters. The van der Waals surface area contributed by atoms with Gasteiger partial charge in [0.05, 0.1) is 4.90 Å². The topological polar surface area (TPSA) is 54.5 Å².